The first-order chi connectivity index (χ1) is 9.81. The minimum absolute atomic E-state index is 0.793. The van der Waals surface area contributed by atoms with E-state index < -0.39 is 0 Å². The fourth-order valence-corrected chi connectivity index (χ4v) is 2.98. The van der Waals surface area contributed by atoms with E-state index in [4.69, 9.17) is 0 Å². The Balaban J connectivity index is 0.000000956. The molecule has 0 spiro atoms. The molecule has 2 rings (SSSR count). The normalized spacial score (nSPS) is 21.4. The van der Waals surface area contributed by atoms with Crippen LogP contribution in [-0.2, 0) is 0 Å². The molecule has 1 saturated carbocycles. The van der Waals surface area contributed by atoms with Gasteiger partial charge in [-0.3, -0.25) is 0 Å². The quantitative estimate of drug-likeness (QED) is 0.721. The lowest BCUT2D eigenvalue weighted by Gasteiger charge is -2.30. The van der Waals surface area contributed by atoms with Crippen LogP contribution in [0.15, 0.2) is 35.5 Å². The van der Waals surface area contributed by atoms with Crippen molar-refractivity contribution in [2.45, 2.75) is 46.0 Å². The molecule has 0 radical (unpaired) electrons. The molecule has 0 saturated heterocycles. The summed E-state index contributed by atoms with van der Waals surface area (Å²) in [6.07, 6.45) is 11.0. The Morgan fingerprint density at radius 3 is 2.60 bits per heavy atom. The SMILES string of the molecule is C=C1CC(CCNCCNC)CC2=CCCC=C12.CC. The molecule has 2 aliphatic carbocycles. The van der Waals surface area contributed by atoms with Crippen LogP contribution >= 0.6 is 0 Å². The third-order valence-electron chi connectivity index (χ3n) is 3.96. The third kappa shape index (κ3) is 5.26. The maximum Gasteiger partial charge on any atom is 0.00766 e. The van der Waals surface area contributed by atoms with Crippen LogP contribution in [0.3, 0.4) is 0 Å². The molecule has 0 aromatic rings. The minimum atomic E-state index is 0.793. The van der Waals surface area contributed by atoms with Crippen LogP contribution < -0.4 is 10.6 Å². The van der Waals surface area contributed by atoms with Crippen molar-refractivity contribution < 1.29 is 0 Å². The van der Waals surface area contributed by atoms with Crippen molar-refractivity contribution in [1.29, 1.82) is 0 Å². The summed E-state index contributed by atoms with van der Waals surface area (Å²) in [5.74, 6) is 0.793. The van der Waals surface area contributed by atoms with E-state index in [2.05, 4.69) is 29.4 Å². The van der Waals surface area contributed by atoms with Gasteiger partial charge in [-0.15, -0.1) is 0 Å². The van der Waals surface area contributed by atoms with Gasteiger partial charge in [0.05, 0.1) is 0 Å². The summed E-state index contributed by atoms with van der Waals surface area (Å²) >= 11 is 0. The predicted octanol–water partition coefficient (Wildman–Crippen LogP) is 3.82. The van der Waals surface area contributed by atoms with Gasteiger partial charge in [0, 0.05) is 13.1 Å². The fraction of sp³-hybridized carbons (Fsp3) is 0.667. The van der Waals surface area contributed by atoms with Gasteiger partial charge in [0.25, 0.3) is 0 Å². The molecule has 1 unspecified atom stereocenters. The second-order valence-electron chi connectivity index (χ2n) is 5.44. The lowest BCUT2D eigenvalue weighted by atomic mass is 9.75. The standard InChI is InChI=1S/C16H26N2.C2H6/c1-13-11-14(7-8-18-10-9-17-2)12-15-5-3-4-6-16(13)15;1-2/h5-6,14,17-18H,1,3-4,7-12H2,2H3;1-2H3. The van der Waals surface area contributed by atoms with Crippen molar-refractivity contribution in [2.75, 3.05) is 26.7 Å². The van der Waals surface area contributed by atoms with E-state index in [9.17, 15) is 0 Å². The van der Waals surface area contributed by atoms with Crippen LogP contribution in [0.5, 0.6) is 0 Å². The summed E-state index contributed by atoms with van der Waals surface area (Å²) in [5.41, 5.74) is 4.41. The molecule has 1 atom stereocenters. The lowest BCUT2D eigenvalue weighted by Crippen LogP contribution is -2.27. The van der Waals surface area contributed by atoms with Gasteiger partial charge in [0.15, 0.2) is 0 Å². The monoisotopic (exact) mass is 276 g/mol. The van der Waals surface area contributed by atoms with E-state index in [0.717, 1.165) is 25.6 Å². The Morgan fingerprint density at radius 2 is 1.85 bits per heavy atom. The highest BCUT2D eigenvalue weighted by atomic mass is 14.9. The Labute approximate surface area is 125 Å². The topological polar surface area (TPSA) is 24.1 Å². The average Bonchev–Trinajstić information content (AvgIpc) is 2.49. The zero-order chi connectivity index (χ0) is 14.8. The van der Waals surface area contributed by atoms with E-state index in [1.807, 2.05) is 20.9 Å². The first-order valence-electron chi connectivity index (χ1n) is 8.24. The number of hydrogen-bond acceptors (Lipinski definition) is 2. The summed E-state index contributed by atoms with van der Waals surface area (Å²) < 4.78 is 0. The van der Waals surface area contributed by atoms with Gasteiger partial charge in [-0.2, -0.15) is 0 Å². The second-order valence-corrected chi connectivity index (χ2v) is 5.44. The van der Waals surface area contributed by atoms with E-state index in [1.54, 1.807) is 5.57 Å². The maximum atomic E-state index is 4.27. The first-order valence-corrected chi connectivity index (χ1v) is 8.24. The molecule has 2 heteroatoms. The van der Waals surface area contributed by atoms with Crippen molar-refractivity contribution in [1.82, 2.24) is 10.6 Å². The summed E-state index contributed by atoms with van der Waals surface area (Å²) in [6.45, 7) is 11.5. The molecule has 114 valence electrons. The lowest BCUT2D eigenvalue weighted by molar-refractivity contribution is 0.445. The molecule has 0 aliphatic heterocycles. The number of fused-ring (bicyclic) bond motifs is 1. The molecule has 0 heterocycles. The van der Waals surface area contributed by atoms with Crippen molar-refractivity contribution in [2.24, 2.45) is 5.92 Å². The smallest absolute Gasteiger partial charge is 0.00766 e. The van der Waals surface area contributed by atoms with Gasteiger partial charge in [0.1, 0.15) is 0 Å². The highest BCUT2D eigenvalue weighted by Crippen LogP contribution is 2.39. The molecule has 0 bridgehead atoms. The summed E-state index contributed by atoms with van der Waals surface area (Å²) in [4.78, 5) is 0. The number of hydrogen-bond donors (Lipinski definition) is 2. The van der Waals surface area contributed by atoms with Crippen molar-refractivity contribution in [3.8, 4) is 0 Å². The molecule has 2 aliphatic rings. The zero-order valence-corrected chi connectivity index (χ0v) is 13.6. The van der Waals surface area contributed by atoms with Crippen LogP contribution in [0.1, 0.15) is 46.0 Å². The summed E-state index contributed by atoms with van der Waals surface area (Å²) in [5, 5.41) is 6.65. The zero-order valence-electron chi connectivity index (χ0n) is 13.6. The van der Waals surface area contributed by atoms with E-state index >= 15 is 0 Å². The number of rotatable bonds is 6. The van der Waals surface area contributed by atoms with Crippen molar-refractivity contribution in [3.05, 3.63) is 35.5 Å². The molecule has 2 N–H and O–H groups in total. The van der Waals surface area contributed by atoms with Gasteiger partial charge in [-0.05, 0) is 68.3 Å². The number of allylic oxidation sites excluding steroid dienone is 5. The Morgan fingerprint density at radius 1 is 1.10 bits per heavy atom. The molecule has 2 nitrogen and oxygen atoms in total. The molecule has 20 heavy (non-hydrogen) atoms. The van der Waals surface area contributed by atoms with E-state index in [-0.39, 0.29) is 0 Å². The van der Waals surface area contributed by atoms with Crippen LogP contribution in [-0.4, -0.2) is 26.7 Å². The van der Waals surface area contributed by atoms with Crippen LogP contribution in [0.25, 0.3) is 0 Å². The molecule has 0 aromatic carbocycles. The van der Waals surface area contributed by atoms with E-state index in [1.165, 1.54) is 43.3 Å². The highest BCUT2D eigenvalue weighted by Gasteiger charge is 2.23. The Bertz CT molecular complexity index is 352. The summed E-state index contributed by atoms with van der Waals surface area (Å²) in [6, 6.07) is 0. The van der Waals surface area contributed by atoms with Gasteiger partial charge < -0.3 is 10.6 Å². The van der Waals surface area contributed by atoms with Gasteiger partial charge in [-0.1, -0.05) is 32.6 Å². The van der Waals surface area contributed by atoms with Gasteiger partial charge in [-0.25, -0.2) is 0 Å². The predicted molar refractivity (Wildman–Crippen MR) is 90.0 cm³/mol. The third-order valence-corrected chi connectivity index (χ3v) is 3.96. The average molecular weight is 276 g/mol. The molecular formula is C18H32N2. The fourth-order valence-electron chi connectivity index (χ4n) is 2.98. The number of likely N-dealkylation sites (N-methyl/N-ethyl adjacent to an activating group) is 1. The molecular weight excluding hydrogens is 244 g/mol. The first kappa shape index (κ1) is 17.2. The Kier molecular flexibility index (Phi) is 8.56. The maximum absolute atomic E-state index is 4.27. The van der Waals surface area contributed by atoms with Gasteiger partial charge >= 0.3 is 0 Å². The summed E-state index contributed by atoms with van der Waals surface area (Å²) in [7, 11) is 2.00. The van der Waals surface area contributed by atoms with Crippen LogP contribution in [0.4, 0.5) is 0 Å². The molecule has 0 aromatic heterocycles. The molecule has 1 fully saturated rings. The Hall–Kier alpha value is -0.860. The van der Waals surface area contributed by atoms with Crippen LogP contribution in [0.2, 0.25) is 0 Å². The van der Waals surface area contributed by atoms with Crippen LogP contribution in [0, 0.1) is 5.92 Å². The molecule has 0 amide bonds. The highest BCUT2D eigenvalue weighted by molar-refractivity contribution is 5.49. The largest absolute Gasteiger partial charge is 0.318 e. The van der Waals surface area contributed by atoms with Gasteiger partial charge in [0.2, 0.25) is 0 Å². The van der Waals surface area contributed by atoms with E-state index in [0.29, 0.717) is 0 Å². The minimum Gasteiger partial charge on any atom is -0.318 e. The van der Waals surface area contributed by atoms with Crippen molar-refractivity contribution in [3.63, 3.8) is 0 Å². The number of nitrogens with one attached hydrogen (secondary N) is 2. The van der Waals surface area contributed by atoms with Crippen molar-refractivity contribution >= 4 is 0 Å². The second kappa shape index (κ2) is 9.95.